The maximum absolute atomic E-state index is 12.3. The molecule has 0 aliphatic rings. The molecule has 0 heterocycles. The average molecular weight is 331 g/mol. The van der Waals surface area contributed by atoms with Gasteiger partial charge in [0.25, 0.3) is 0 Å². The molecule has 1 N–H and O–H groups in total. The third kappa shape index (κ3) is 4.33. The highest BCUT2D eigenvalue weighted by atomic mass is 35.5. The van der Waals surface area contributed by atoms with Gasteiger partial charge in [0.15, 0.2) is 0 Å². The van der Waals surface area contributed by atoms with E-state index < -0.39 is 0 Å². The Morgan fingerprint density at radius 3 is 2.39 bits per heavy atom. The summed E-state index contributed by atoms with van der Waals surface area (Å²) in [6.45, 7) is 3.41. The van der Waals surface area contributed by atoms with Crippen LogP contribution in [0.25, 0.3) is 0 Å². The summed E-state index contributed by atoms with van der Waals surface area (Å²) >= 11 is 6.04. The lowest BCUT2D eigenvalue weighted by atomic mass is 10.1. The quantitative estimate of drug-likeness (QED) is 0.904. The normalized spacial score (nSPS) is 10.2. The monoisotopic (exact) mass is 330 g/mol. The Hall–Kier alpha value is -2.33. The van der Waals surface area contributed by atoms with Crippen LogP contribution in [0.1, 0.15) is 19.4 Å². The van der Waals surface area contributed by atoms with Gasteiger partial charge in [-0.2, -0.15) is 0 Å². The number of benzene rings is 2. The Morgan fingerprint density at radius 1 is 1.09 bits per heavy atom. The summed E-state index contributed by atoms with van der Waals surface area (Å²) in [5.74, 6) is -0.473. The van der Waals surface area contributed by atoms with Gasteiger partial charge in [-0.25, -0.2) is 0 Å². The molecular formula is C18H19ClN2O2. The second-order valence-corrected chi connectivity index (χ2v) is 5.52. The zero-order valence-corrected chi connectivity index (χ0v) is 13.9. The van der Waals surface area contributed by atoms with Crippen LogP contribution in [-0.2, 0) is 16.0 Å². The van der Waals surface area contributed by atoms with Gasteiger partial charge in [-0.1, -0.05) is 48.9 Å². The molecule has 0 fully saturated rings. The van der Waals surface area contributed by atoms with Gasteiger partial charge in [-0.05, 0) is 30.2 Å². The molecule has 0 aromatic heterocycles. The number of anilines is 2. The van der Waals surface area contributed by atoms with E-state index in [0.29, 0.717) is 10.7 Å². The van der Waals surface area contributed by atoms with Gasteiger partial charge in [0.05, 0.1) is 10.7 Å². The van der Waals surface area contributed by atoms with Crippen LogP contribution in [0.2, 0.25) is 5.02 Å². The predicted molar refractivity (Wildman–Crippen MR) is 93.9 cm³/mol. The molecule has 0 saturated carbocycles. The Balaban J connectivity index is 2.18. The van der Waals surface area contributed by atoms with E-state index in [9.17, 15) is 9.59 Å². The van der Waals surface area contributed by atoms with Crippen LogP contribution >= 0.6 is 11.6 Å². The highest BCUT2D eigenvalue weighted by Crippen LogP contribution is 2.23. The Kier molecular flexibility index (Phi) is 5.77. The number of carbonyl (C=O) groups is 2. The first-order chi connectivity index (χ1) is 11.0. The molecule has 2 amide bonds. The smallest absolute Gasteiger partial charge is 0.244 e. The van der Waals surface area contributed by atoms with Crippen molar-refractivity contribution in [2.75, 3.05) is 16.8 Å². The first-order valence-corrected chi connectivity index (χ1v) is 7.81. The van der Waals surface area contributed by atoms with Crippen molar-refractivity contribution in [1.29, 1.82) is 0 Å². The Morgan fingerprint density at radius 2 is 1.74 bits per heavy atom. The number of hydrogen-bond donors (Lipinski definition) is 1. The standard InChI is InChI=1S/C18H19ClN2O2/c1-3-14-8-4-7-11-17(14)21(13(2)22)12-18(23)20-16-10-6-5-9-15(16)19/h4-11H,3,12H2,1-2H3,(H,20,23). The Bertz CT molecular complexity index is 716. The molecule has 0 bridgehead atoms. The van der Waals surface area contributed by atoms with Crippen molar-refractivity contribution in [2.45, 2.75) is 20.3 Å². The number of rotatable bonds is 5. The topological polar surface area (TPSA) is 49.4 Å². The van der Waals surface area contributed by atoms with Crippen molar-refractivity contribution in [3.05, 3.63) is 59.1 Å². The average Bonchev–Trinajstić information content (AvgIpc) is 2.54. The van der Waals surface area contributed by atoms with Crippen LogP contribution in [0, 0.1) is 0 Å². The van der Waals surface area contributed by atoms with E-state index in [1.807, 2.05) is 31.2 Å². The van der Waals surface area contributed by atoms with E-state index >= 15 is 0 Å². The van der Waals surface area contributed by atoms with Gasteiger partial charge < -0.3 is 10.2 Å². The van der Waals surface area contributed by atoms with Crippen LogP contribution in [0.5, 0.6) is 0 Å². The summed E-state index contributed by atoms with van der Waals surface area (Å²) in [6.07, 6.45) is 0.784. The minimum atomic E-state index is -0.292. The molecule has 23 heavy (non-hydrogen) atoms. The van der Waals surface area contributed by atoms with Gasteiger partial charge in [0.1, 0.15) is 6.54 Å². The molecule has 5 heteroatoms. The predicted octanol–water partition coefficient (Wildman–Crippen LogP) is 3.89. The zero-order chi connectivity index (χ0) is 16.8. The highest BCUT2D eigenvalue weighted by molar-refractivity contribution is 6.33. The third-order valence-corrected chi connectivity index (χ3v) is 3.82. The largest absolute Gasteiger partial charge is 0.323 e. The van der Waals surface area contributed by atoms with E-state index in [0.717, 1.165) is 17.7 Å². The second kappa shape index (κ2) is 7.79. The molecule has 2 rings (SSSR count). The van der Waals surface area contributed by atoms with Crippen molar-refractivity contribution in [3.63, 3.8) is 0 Å². The van der Waals surface area contributed by atoms with Gasteiger partial charge >= 0.3 is 0 Å². The van der Waals surface area contributed by atoms with Crippen molar-refractivity contribution in [2.24, 2.45) is 0 Å². The molecule has 0 aliphatic heterocycles. The molecular weight excluding hydrogens is 312 g/mol. The fraction of sp³-hybridized carbons (Fsp3) is 0.222. The van der Waals surface area contributed by atoms with E-state index in [-0.39, 0.29) is 18.4 Å². The summed E-state index contributed by atoms with van der Waals surface area (Å²) in [7, 11) is 0. The number of hydrogen-bond acceptors (Lipinski definition) is 2. The Labute approximate surface area is 141 Å². The molecule has 0 radical (unpaired) electrons. The van der Waals surface area contributed by atoms with Crippen LogP contribution in [0.4, 0.5) is 11.4 Å². The molecule has 0 aliphatic carbocycles. The minimum Gasteiger partial charge on any atom is -0.323 e. The SMILES string of the molecule is CCc1ccccc1N(CC(=O)Nc1ccccc1Cl)C(C)=O. The number of amides is 2. The summed E-state index contributed by atoms with van der Waals surface area (Å²) in [5, 5.41) is 3.20. The van der Waals surface area contributed by atoms with Gasteiger partial charge in [0.2, 0.25) is 11.8 Å². The number of para-hydroxylation sites is 2. The number of carbonyl (C=O) groups excluding carboxylic acids is 2. The van der Waals surface area contributed by atoms with E-state index in [1.165, 1.54) is 11.8 Å². The fourth-order valence-electron chi connectivity index (χ4n) is 2.34. The third-order valence-electron chi connectivity index (χ3n) is 3.49. The zero-order valence-electron chi connectivity index (χ0n) is 13.2. The number of halogens is 1. The van der Waals surface area contributed by atoms with Gasteiger partial charge in [-0.3, -0.25) is 9.59 Å². The lowest BCUT2D eigenvalue weighted by Crippen LogP contribution is -2.37. The van der Waals surface area contributed by atoms with Crippen LogP contribution < -0.4 is 10.2 Å². The lowest BCUT2D eigenvalue weighted by molar-refractivity contribution is -0.120. The molecule has 2 aromatic rings. The van der Waals surface area contributed by atoms with Gasteiger partial charge in [-0.15, -0.1) is 0 Å². The molecule has 120 valence electrons. The molecule has 0 spiro atoms. The van der Waals surface area contributed by atoms with Crippen molar-refractivity contribution >= 4 is 34.8 Å². The molecule has 0 saturated heterocycles. The van der Waals surface area contributed by atoms with E-state index in [1.54, 1.807) is 24.3 Å². The first kappa shape index (κ1) is 17.0. The van der Waals surface area contributed by atoms with E-state index in [4.69, 9.17) is 11.6 Å². The summed E-state index contributed by atoms with van der Waals surface area (Å²) in [6, 6.07) is 14.6. The van der Waals surface area contributed by atoms with Crippen molar-refractivity contribution < 1.29 is 9.59 Å². The summed E-state index contributed by atoms with van der Waals surface area (Å²) < 4.78 is 0. The van der Waals surface area contributed by atoms with Crippen LogP contribution in [-0.4, -0.2) is 18.4 Å². The molecule has 2 aromatic carbocycles. The summed E-state index contributed by atoms with van der Waals surface area (Å²) in [5.41, 5.74) is 2.32. The van der Waals surface area contributed by atoms with Crippen LogP contribution in [0.3, 0.4) is 0 Å². The maximum Gasteiger partial charge on any atom is 0.244 e. The lowest BCUT2D eigenvalue weighted by Gasteiger charge is -2.23. The van der Waals surface area contributed by atoms with Gasteiger partial charge in [0, 0.05) is 12.6 Å². The maximum atomic E-state index is 12.3. The van der Waals surface area contributed by atoms with Crippen LogP contribution in [0.15, 0.2) is 48.5 Å². The number of nitrogens with one attached hydrogen (secondary N) is 1. The van der Waals surface area contributed by atoms with Crippen molar-refractivity contribution in [1.82, 2.24) is 0 Å². The van der Waals surface area contributed by atoms with E-state index in [2.05, 4.69) is 5.32 Å². The highest BCUT2D eigenvalue weighted by Gasteiger charge is 2.18. The minimum absolute atomic E-state index is 0.0580. The summed E-state index contributed by atoms with van der Waals surface area (Å²) in [4.78, 5) is 25.8. The number of nitrogens with zero attached hydrogens (tertiary/aromatic N) is 1. The molecule has 0 atom stereocenters. The number of aryl methyl sites for hydroxylation is 1. The fourth-order valence-corrected chi connectivity index (χ4v) is 2.52. The van der Waals surface area contributed by atoms with Crippen molar-refractivity contribution in [3.8, 4) is 0 Å². The second-order valence-electron chi connectivity index (χ2n) is 5.12. The molecule has 0 unspecified atom stereocenters. The molecule has 4 nitrogen and oxygen atoms in total. The first-order valence-electron chi connectivity index (χ1n) is 7.43.